The molecule has 0 radical (unpaired) electrons. The molecule has 1 aromatic heterocycles. The number of nitrogens with zero attached hydrogens (tertiary/aromatic N) is 3. The van der Waals surface area contributed by atoms with E-state index in [-0.39, 0.29) is 5.11 Å². The van der Waals surface area contributed by atoms with Crippen LogP contribution in [0, 0.1) is 0 Å². The standard InChI is InChI=1S/C18H21ClN4O2S/c19-15-3-1-2-14(12-15)17-5-4-16(25-17)13-21-23(18(20)26)7-6-22-8-10-24-11-9-22/h1-5,12-13H,6-11H2,(H2,20,26). The highest BCUT2D eigenvalue weighted by molar-refractivity contribution is 7.80. The topological polar surface area (TPSA) is 67.2 Å². The minimum Gasteiger partial charge on any atom is -0.455 e. The number of rotatable bonds is 6. The second kappa shape index (κ2) is 9.14. The van der Waals surface area contributed by atoms with Crippen molar-refractivity contribution in [2.75, 3.05) is 39.4 Å². The average molecular weight is 393 g/mol. The first-order chi connectivity index (χ1) is 12.6. The molecule has 0 atom stereocenters. The molecule has 0 aliphatic carbocycles. The molecule has 3 rings (SSSR count). The summed E-state index contributed by atoms with van der Waals surface area (Å²) in [6.07, 6.45) is 1.62. The van der Waals surface area contributed by atoms with Crippen LogP contribution < -0.4 is 5.73 Å². The molecular weight excluding hydrogens is 372 g/mol. The third-order valence-electron chi connectivity index (χ3n) is 4.05. The van der Waals surface area contributed by atoms with Gasteiger partial charge in [-0.25, -0.2) is 5.01 Å². The van der Waals surface area contributed by atoms with Crippen molar-refractivity contribution in [2.45, 2.75) is 0 Å². The minimum absolute atomic E-state index is 0.233. The molecule has 2 N–H and O–H groups in total. The average Bonchev–Trinajstić information content (AvgIpc) is 3.11. The Morgan fingerprint density at radius 2 is 2.12 bits per heavy atom. The summed E-state index contributed by atoms with van der Waals surface area (Å²) in [4.78, 5) is 2.30. The molecular formula is C18H21ClN4O2S. The maximum Gasteiger partial charge on any atom is 0.187 e. The first-order valence-electron chi connectivity index (χ1n) is 8.38. The second-order valence-corrected chi connectivity index (χ2v) is 6.73. The second-order valence-electron chi connectivity index (χ2n) is 5.87. The lowest BCUT2D eigenvalue weighted by atomic mass is 10.2. The fourth-order valence-electron chi connectivity index (χ4n) is 2.63. The molecule has 6 nitrogen and oxygen atoms in total. The molecule has 26 heavy (non-hydrogen) atoms. The van der Waals surface area contributed by atoms with Gasteiger partial charge in [-0.3, -0.25) is 4.90 Å². The Labute approximate surface area is 163 Å². The number of hydrogen-bond acceptors (Lipinski definition) is 5. The smallest absolute Gasteiger partial charge is 0.187 e. The third-order valence-corrected chi connectivity index (χ3v) is 4.49. The van der Waals surface area contributed by atoms with Gasteiger partial charge in [-0.05, 0) is 36.5 Å². The van der Waals surface area contributed by atoms with E-state index in [0.717, 1.165) is 44.2 Å². The van der Waals surface area contributed by atoms with E-state index < -0.39 is 0 Å². The highest BCUT2D eigenvalue weighted by Gasteiger charge is 2.13. The summed E-state index contributed by atoms with van der Waals surface area (Å²) in [5.41, 5.74) is 6.70. The lowest BCUT2D eigenvalue weighted by Gasteiger charge is -2.28. The van der Waals surface area contributed by atoms with Gasteiger partial charge in [0.15, 0.2) is 5.11 Å². The number of morpholine rings is 1. The number of halogens is 1. The van der Waals surface area contributed by atoms with E-state index in [9.17, 15) is 0 Å². The summed E-state index contributed by atoms with van der Waals surface area (Å²) < 4.78 is 11.2. The van der Waals surface area contributed by atoms with Crippen molar-refractivity contribution in [3.8, 4) is 11.3 Å². The molecule has 1 fully saturated rings. The van der Waals surface area contributed by atoms with Gasteiger partial charge in [-0.2, -0.15) is 5.10 Å². The van der Waals surface area contributed by atoms with Crippen LogP contribution in [0.4, 0.5) is 0 Å². The van der Waals surface area contributed by atoms with Crippen LogP contribution in [0.25, 0.3) is 11.3 Å². The van der Waals surface area contributed by atoms with E-state index in [4.69, 9.17) is 38.7 Å². The quantitative estimate of drug-likeness (QED) is 0.463. The van der Waals surface area contributed by atoms with Crippen molar-refractivity contribution in [3.05, 3.63) is 47.2 Å². The number of thiocarbonyl (C=S) groups is 1. The Bertz CT molecular complexity index is 774. The molecule has 1 aromatic carbocycles. The highest BCUT2D eigenvalue weighted by Crippen LogP contribution is 2.24. The maximum absolute atomic E-state index is 6.02. The van der Waals surface area contributed by atoms with E-state index >= 15 is 0 Å². The van der Waals surface area contributed by atoms with Crippen LogP contribution in [0.5, 0.6) is 0 Å². The molecule has 1 aliphatic rings. The Hall–Kier alpha value is -1.93. The van der Waals surface area contributed by atoms with Crippen molar-refractivity contribution in [1.82, 2.24) is 9.91 Å². The minimum atomic E-state index is 0.233. The van der Waals surface area contributed by atoms with E-state index in [1.165, 1.54) is 0 Å². The number of hydrazone groups is 1. The van der Waals surface area contributed by atoms with Gasteiger partial charge in [0.05, 0.1) is 26.0 Å². The first-order valence-corrected chi connectivity index (χ1v) is 9.17. The van der Waals surface area contributed by atoms with Crippen molar-refractivity contribution in [3.63, 3.8) is 0 Å². The van der Waals surface area contributed by atoms with E-state index in [2.05, 4.69) is 10.0 Å². The van der Waals surface area contributed by atoms with Crippen LogP contribution in [0.1, 0.15) is 5.76 Å². The number of ether oxygens (including phenoxy) is 1. The predicted molar refractivity (Wildman–Crippen MR) is 107 cm³/mol. The lowest BCUT2D eigenvalue weighted by Crippen LogP contribution is -2.42. The maximum atomic E-state index is 6.02. The van der Waals surface area contributed by atoms with Crippen LogP contribution in [-0.4, -0.2) is 60.6 Å². The van der Waals surface area contributed by atoms with Crippen molar-refractivity contribution >= 4 is 35.1 Å². The predicted octanol–water partition coefficient (Wildman–Crippen LogP) is 2.81. The van der Waals surface area contributed by atoms with E-state index in [1.54, 1.807) is 11.2 Å². The lowest BCUT2D eigenvalue weighted by molar-refractivity contribution is 0.0360. The van der Waals surface area contributed by atoms with Crippen LogP contribution >= 0.6 is 23.8 Å². The third kappa shape index (κ3) is 5.28. The van der Waals surface area contributed by atoms with Gasteiger partial charge >= 0.3 is 0 Å². The summed E-state index contributed by atoms with van der Waals surface area (Å²) >= 11 is 11.1. The first kappa shape index (κ1) is 18.8. The Morgan fingerprint density at radius 1 is 1.31 bits per heavy atom. The fraction of sp³-hybridized carbons (Fsp3) is 0.333. The SMILES string of the molecule is NC(=S)N(CCN1CCOCC1)N=Cc1ccc(-c2cccc(Cl)c2)o1. The zero-order chi connectivity index (χ0) is 18.4. The Balaban J connectivity index is 1.61. The van der Waals surface area contributed by atoms with Crippen LogP contribution in [0.3, 0.4) is 0 Å². The fourth-order valence-corrected chi connectivity index (χ4v) is 2.96. The van der Waals surface area contributed by atoms with Gasteiger partial charge in [-0.1, -0.05) is 23.7 Å². The molecule has 1 aliphatic heterocycles. The van der Waals surface area contributed by atoms with Crippen LogP contribution in [0.15, 0.2) is 45.9 Å². The van der Waals surface area contributed by atoms with Gasteiger partial charge < -0.3 is 14.9 Å². The normalized spacial score (nSPS) is 15.4. The Morgan fingerprint density at radius 3 is 2.85 bits per heavy atom. The monoisotopic (exact) mass is 392 g/mol. The number of nitrogens with two attached hydrogens (primary N) is 1. The van der Waals surface area contributed by atoms with Gasteiger partial charge in [-0.15, -0.1) is 0 Å². The zero-order valence-corrected chi connectivity index (χ0v) is 15.9. The molecule has 1 saturated heterocycles. The number of furan rings is 1. The molecule has 0 bridgehead atoms. The van der Waals surface area contributed by atoms with Gasteiger partial charge in [0.25, 0.3) is 0 Å². The van der Waals surface area contributed by atoms with Gasteiger partial charge in [0.1, 0.15) is 11.5 Å². The summed E-state index contributed by atoms with van der Waals surface area (Å²) in [5, 5.41) is 6.87. The van der Waals surface area contributed by atoms with E-state index in [0.29, 0.717) is 17.3 Å². The Kier molecular flexibility index (Phi) is 6.62. The highest BCUT2D eigenvalue weighted by atomic mass is 35.5. The number of hydrogen-bond donors (Lipinski definition) is 1. The summed E-state index contributed by atoms with van der Waals surface area (Å²) in [7, 11) is 0. The van der Waals surface area contributed by atoms with Crippen molar-refractivity contribution < 1.29 is 9.15 Å². The molecule has 138 valence electrons. The molecule has 2 heterocycles. The zero-order valence-electron chi connectivity index (χ0n) is 14.3. The van der Waals surface area contributed by atoms with Gasteiger partial charge in [0.2, 0.25) is 0 Å². The molecule has 0 amide bonds. The summed E-state index contributed by atoms with van der Waals surface area (Å²) in [6, 6.07) is 11.2. The summed E-state index contributed by atoms with van der Waals surface area (Å²) in [5.74, 6) is 1.34. The van der Waals surface area contributed by atoms with Crippen molar-refractivity contribution in [2.24, 2.45) is 10.8 Å². The number of benzene rings is 1. The molecule has 0 saturated carbocycles. The molecule has 0 spiro atoms. The van der Waals surface area contributed by atoms with Crippen LogP contribution in [0.2, 0.25) is 5.02 Å². The van der Waals surface area contributed by atoms with Crippen LogP contribution in [-0.2, 0) is 4.74 Å². The molecule has 8 heteroatoms. The molecule has 0 unspecified atom stereocenters. The van der Waals surface area contributed by atoms with Gasteiger partial charge in [0, 0.05) is 30.2 Å². The largest absolute Gasteiger partial charge is 0.455 e. The van der Waals surface area contributed by atoms with E-state index in [1.807, 2.05) is 36.4 Å². The van der Waals surface area contributed by atoms with Crippen molar-refractivity contribution in [1.29, 1.82) is 0 Å². The molecule has 2 aromatic rings. The summed E-state index contributed by atoms with van der Waals surface area (Å²) in [6.45, 7) is 4.79.